The summed E-state index contributed by atoms with van der Waals surface area (Å²) in [5, 5.41) is 0. The van der Waals surface area contributed by atoms with Crippen molar-refractivity contribution < 1.29 is 14.3 Å². The van der Waals surface area contributed by atoms with Crippen molar-refractivity contribution >= 4 is 17.8 Å². The highest BCUT2D eigenvalue weighted by Crippen LogP contribution is 2.28. The molecule has 1 aliphatic heterocycles. The molecule has 1 amide bonds. The van der Waals surface area contributed by atoms with Crippen LogP contribution < -0.4 is 4.74 Å². The second-order valence-corrected chi connectivity index (χ2v) is 6.00. The van der Waals surface area contributed by atoms with Crippen LogP contribution in [0.3, 0.4) is 0 Å². The summed E-state index contributed by atoms with van der Waals surface area (Å²) in [7, 11) is 1.62. The fourth-order valence-corrected chi connectivity index (χ4v) is 3.30. The number of benzene rings is 1. The molecule has 0 unspecified atom stereocenters. The highest BCUT2D eigenvalue weighted by atomic mass is 16.5. The highest BCUT2D eigenvalue weighted by molar-refractivity contribution is 6.46. The largest absolute Gasteiger partial charge is 0.497 e. The lowest BCUT2D eigenvalue weighted by Crippen LogP contribution is -2.38. The zero-order valence-corrected chi connectivity index (χ0v) is 12.9. The molecule has 22 heavy (non-hydrogen) atoms. The summed E-state index contributed by atoms with van der Waals surface area (Å²) in [4.78, 5) is 26.2. The molecule has 116 valence electrons. The maximum absolute atomic E-state index is 12.2. The fraction of sp³-hybridized carbons (Fsp3) is 0.444. The van der Waals surface area contributed by atoms with Gasteiger partial charge in [0.15, 0.2) is 0 Å². The van der Waals surface area contributed by atoms with Crippen molar-refractivity contribution in [3.8, 4) is 5.75 Å². The first kappa shape index (κ1) is 14.8. The van der Waals surface area contributed by atoms with E-state index < -0.39 is 0 Å². The van der Waals surface area contributed by atoms with Crippen molar-refractivity contribution in [1.82, 2.24) is 4.90 Å². The van der Waals surface area contributed by atoms with Crippen LogP contribution in [0.4, 0.5) is 0 Å². The first-order valence-electron chi connectivity index (χ1n) is 7.89. The lowest BCUT2D eigenvalue weighted by molar-refractivity contribution is -0.140. The number of amides is 1. The summed E-state index contributed by atoms with van der Waals surface area (Å²) >= 11 is 0. The van der Waals surface area contributed by atoms with E-state index in [1.54, 1.807) is 12.0 Å². The van der Waals surface area contributed by atoms with E-state index in [4.69, 9.17) is 4.74 Å². The van der Waals surface area contributed by atoms with Crippen molar-refractivity contribution in [3.63, 3.8) is 0 Å². The summed E-state index contributed by atoms with van der Waals surface area (Å²) in [6.45, 7) is 0.453. The van der Waals surface area contributed by atoms with Gasteiger partial charge in [-0.2, -0.15) is 0 Å². The molecule has 2 fully saturated rings. The molecular formula is C18H21NO3. The second-order valence-electron chi connectivity index (χ2n) is 6.00. The van der Waals surface area contributed by atoms with Crippen LogP contribution in [0.2, 0.25) is 0 Å². The Morgan fingerprint density at radius 3 is 2.41 bits per heavy atom. The minimum atomic E-state index is -0.346. The van der Waals surface area contributed by atoms with Crippen LogP contribution in [0.1, 0.15) is 37.7 Å². The molecule has 0 radical (unpaired) electrons. The van der Waals surface area contributed by atoms with E-state index in [-0.39, 0.29) is 17.7 Å². The number of carbonyl (C=O) groups is 2. The summed E-state index contributed by atoms with van der Waals surface area (Å²) < 4.78 is 5.12. The molecule has 4 heteroatoms. The van der Waals surface area contributed by atoms with Gasteiger partial charge in [0.05, 0.1) is 13.7 Å². The normalized spacial score (nSPS) is 21.7. The van der Waals surface area contributed by atoms with E-state index in [1.807, 2.05) is 30.3 Å². The van der Waals surface area contributed by atoms with E-state index in [0.717, 1.165) is 37.0 Å². The number of ether oxygens (including phenoxy) is 1. The van der Waals surface area contributed by atoms with Crippen LogP contribution in [-0.2, 0) is 9.59 Å². The predicted molar refractivity (Wildman–Crippen MR) is 84.6 cm³/mol. The molecule has 1 saturated carbocycles. The van der Waals surface area contributed by atoms with Gasteiger partial charge in [-0.25, -0.2) is 0 Å². The minimum absolute atomic E-state index is 0.243. The number of hydrogen-bond acceptors (Lipinski definition) is 3. The number of ketones is 1. The van der Waals surface area contributed by atoms with Gasteiger partial charge < -0.3 is 9.64 Å². The zero-order valence-electron chi connectivity index (χ0n) is 12.9. The summed E-state index contributed by atoms with van der Waals surface area (Å²) in [5.41, 5.74) is 1.52. The molecule has 0 bridgehead atoms. The zero-order chi connectivity index (χ0) is 15.5. The number of nitrogens with zero attached hydrogens (tertiary/aromatic N) is 1. The molecule has 4 nitrogen and oxygen atoms in total. The Balaban J connectivity index is 1.77. The number of methoxy groups -OCH3 is 1. The van der Waals surface area contributed by atoms with Gasteiger partial charge in [0, 0.05) is 11.6 Å². The molecule has 0 atom stereocenters. The molecule has 0 aromatic heterocycles. The van der Waals surface area contributed by atoms with Crippen LogP contribution in [-0.4, -0.2) is 36.3 Å². The first-order chi connectivity index (χ1) is 10.7. The van der Waals surface area contributed by atoms with Gasteiger partial charge in [0.25, 0.3) is 5.91 Å². The van der Waals surface area contributed by atoms with E-state index in [9.17, 15) is 9.59 Å². The van der Waals surface area contributed by atoms with Gasteiger partial charge in [-0.1, -0.05) is 31.4 Å². The summed E-state index contributed by atoms with van der Waals surface area (Å²) in [6.07, 6.45) is 7.41. The molecule has 1 aliphatic carbocycles. The molecule has 1 heterocycles. The third kappa shape index (κ3) is 2.91. The van der Waals surface area contributed by atoms with Crippen molar-refractivity contribution in [2.75, 3.05) is 13.7 Å². The molecule has 1 saturated heterocycles. The van der Waals surface area contributed by atoms with Gasteiger partial charge in [-0.05, 0) is 36.6 Å². The Labute approximate surface area is 130 Å². The summed E-state index contributed by atoms with van der Waals surface area (Å²) in [5.74, 6) is 0.105. The maximum Gasteiger partial charge on any atom is 0.295 e. The molecule has 1 aromatic rings. The Hall–Kier alpha value is -2.10. The number of Topliss-reactive ketones (excluding diaryl/α,β-unsaturated/α-hetero) is 1. The SMILES string of the molecule is COc1ccc(/C=C2/CN(C3CCCCC3)C(=O)C2=O)cc1. The molecule has 0 spiro atoms. The Kier molecular flexibility index (Phi) is 4.27. The monoisotopic (exact) mass is 299 g/mol. The molecule has 3 rings (SSSR count). The third-order valence-corrected chi connectivity index (χ3v) is 4.56. The Bertz CT molecular complexity index is 597. The number of carbonyl (C=O) groups excluding carboxylic acids is 2. The van der Waals surface area contributed by atoms with E-state index in [1.165, 1.54) is 6.42 Å². The highest BCUT2D eigenvalue weighted by Gasteiger charge is 2.38. The van der Waals surface area contributed by atoms with Crippen molar-refractivity contribution in [2.24, 2.45) is 0 Å². The standard InChI is InChI=1S/C18H21NO3/c1-22-16-9-7-13(8-10-16)11-14-12-19(18(21)17(14)20)15-5-3-2-4-6-15/h7-11,15H,2-6,12H2,1H3/b14-11-. The van der Waals surface area contributed by atoms with Crippen LogP contribution in [0.5, 0.6) is 5.75 Å². The Morgan fingerprint density at radius 1 is 1.09 bits per heavy atom. The van der Waals surface area contributed by atoms with Crippen molar-refractivity contribution in [1.29, 1.82) is 0 Å². The van der Waals surface area contributed by atoms with Gasteiger partial charge in [-0.15, -0.1) is 0 Å². The Morgan fingerprint density at radius 2 is 1.77 bits per heavy atom. The maximum atomic E-state index is 12.2. The van der Waals surface area contributed by atoms with Crippen molar-refractivity contribution in [3.05, 3.63) is 35.4 Å². The van der Waals surface area contributed by atoms with Gasteiger partial charge in [-0.3, -0.25) is 9.59 Å². The van der Waals surface area contributed by atoms with Crippen LogP contribution in [0, 0.1) is 0 Å². The number of hydrogen-bond donors (Lipinski definition) is 0. The molecule has 0 N–H and O–H groups in total. The average molecular weight is 299 g/mol. The van der Waals surface area contributed by atoms with Crippen molar-refractivity contribution in [2.45, 2.75) is 38.1 Å². The quantitative estimate of drug-likeness (QED) is 0.637. The topological polar surface area (TPSA) is 46.6 Å². The van der Waals surface area contributed by atoms with E-state index >= 15 is 0 Å². The predicted octanol–water partition coefficient (Wildman–Crippen LogP) is 2.82. The lowest BCUT2D eigenvalue weighted by Gasteiger charge is -2.30. The number of rotatable bonds is 3. The lowest BCUT2D eigenvalue weighted by atomic mass is 9.94. The van der Waals surface area contributed by atoms with Crippen LogP contribution >= 0.6 is 0 Å². The van der Waals surface area contributed by atoms with Crippen LogP contribution in [0.15, 0.2) is 29.8 Å². The van der Waals surface area contributed by atoms with E-state index in [2.05, 4.69) is 0 Å². The van der Waals surface area contributed by atoms with Crippen LogP contribution in [0.25, 0.3) is 6.08 Å². The average Bonchev–Trinajstić information content (AvgIpc) is 2.85. The molecular weight excluding hydrogens is 278 g/mol. The van der Waals surface area contributed by atoms with Gasteiger partial charge in [0.2, 0.25) is 5.78 Å². The van der Waals surface area contributed by atoms with Gasteiger partial charge in [0.1, 0.15) is 5.75 Å². The first-order valence-corrected chi connectivity index (χ1v) is 7.89. The smallest absolute Gasteiger partial charge is 0.295 e. The molecule has 2 aliphatic rings. The number of likely N-dealkylation sites (tertiary alicyclic amines) is 1. The minimum Gasteiger partial charge on any atom is -0.497 e. The summed E-state index contributed by atoms with van der Waals surface area (Å²) in [6, 6.07) is 7.74. The second kappa shape index (κ2) is 6.34. The third-order valence-electron chi connectivity index (χ3n) is 4.56. The fourth-order valence-electron chi connectivity index (χ4n) is 3.30. The van der Waals surface area contributed by atoms with E-state index in [0.29, 0.717) is 12.1 Å². The van der Waals surface area contributed by atoms with Gasteiger partial charge >= 0.3 is 0 Å². The molecule has 1 aromatic carbocycles.